The van der Waals surface area contributed by atoms with Crippen molar-refractivity contribution in [2.24, 2.45) is 0 Å². The molecule has 0 spiro atoms. The molecular formula is C11H11BrN2. The summed E-state index contributed by atoms with van der Waals surface area (Å²) in [6.07, 6.45) is 7.52. The van der Waals surface area contributed by atoms with Crippen LogP contribution in [0.3, 0.4) is 0 Å². The second-order valence-electron chi connectivity index (χ2n) is 2.90. The van der Waals surface area contributed by atoms with Crippen LogP contribution in [-0.2, 0) is 6.54 Å². The average Bonchev–Trinajstić information content (AvgIpc) is 2.21. The molecule has 1 heterocycles. The maximum atomic E-state index is 3.97. The number of halogens is 1. The van der Waals surface area contributed by atoms with Crippen LogP contribution in [0.25, 0.3) is 0 Å². The van der Waals surface area contributed by atoms with Gasteiger partial charge >= 0.3 is 0 Å². The lowest BCUT2D eigenvalue weighted by Gasteiger charge is -1.95. The standard InChI is InChI=1S/C11H11N2.BrH/c1-2-4-11(5-3-1)10-13-8-6-12-7-9-13;/h1-9H,10H2;1H/q+1;/p-1. The molecule has 0 unspecified atom stereocenters. The number of nitrogens with zero attached hydrogens (tertiary/aromatic N) is 2. The molecule has 0 saturated carbocycles. The molecule has 3 heteroatoms. The number of benzene rings is 1. The molecule has 0 aliphatic heterocycles. The highest BCUT2D eigenvalue weighted by atomic mass is 79.9. The molecule has 0 radical (unpaired) electrons. The highest BCUT2D eigenvalue weighted by molar-refractivity contribution is 5.13. The summed E-state index contributed by atoms with van der Waals surface area (Å²) in [5.41, 5.74) is 1.30. The average molecular weight is 251 g/mol. The van der Waals surface area contributed by atoms with Gasteiger partial charge in [0.2, 0.25) is 0 Å². The van der Waals surface area contributed by atoms with E-state index in [1.807, 2.05) is 18.5 Å². The largest absolute Gasteiger partial charge is 1.00 e. The summed E-state index contributed by atoms with van der Waals surface area (Å²) >= 11 is 0. The smallest absolute Gasteiger partial charge is 0.187 e. The molecule has 1 aromatic heterocycles. The monoisotopic (exact) mass is 250 g/mol. The zero-order chi connectivity index (χ0) is 8.93. The first-order chi connectivity index (χ1) is 6.45. The first kappa shape index (κ1) is 10.9. The first-order valence-electron chi connectivity index (χ1n) is 4.28. The van der Waals surface area contributed by atoms with Crippen LogP contribution in [0, 0.1) is 0 Å². The summed E-state index contributed by atoms with van der Waals surface area (Å²) in [5.74, 6) is 0. The molecule has 2 nitrogen and oxygen atoms in total. The van der Waals surface area contributed by atoms with E-state index in [4.69, 9.17) is 0 Å². The minimum atomic E-state index is 0. The SMILES string of the molecule is [Br-].c1ccc(C[n+]2ccncc2)cc1. The topological polar surface area (TPSA) is 16.8 Å². The van der Waals surface area contributed by atoms with Crippen molar-refractivity contribution >= 4 is 0 Å². The van der Waals surface area contributed by atoms with Crippen LogP contribution >= 0.6 is 0 Å². The molecular weight excluding hydrogens is 240 g/mol. The van der Waals surface area contributed by atoms with Gasteiger partial charge in [-0.2, -0.15) is 4.57 Å². The van der Waals surface area contributed by atoms with E-state index in [1.54, 1.807) is 12.4 Å². The molecule has 0 atom stereocenters. The fourth-order valence-corrected chi connectivity index (χ4v) is 1.25. The molecule has 72 valence electrons. The molecule has 2 aromatic rings. The molecule has 0 N–H and O–H groups in total. The number of aromatic nitrogens is 2. The molecule has 0 saturated heterocycles. The minimum absolute atomic E-state index is 0. The lowest BCUT2D eigenvalue weighted by molar-refractivity contribution is -0.688. The van der Waals surface area contributed by atoms with Crippen molar-refractivity contribution in [2.45, 2.75) is 6.54 Å². The molecule has 0 amide bonds. The fourth-order valence-electron chi connectivity index (χ4n) is 1.25. The lowest BCUT2D eigenvalue weighted by atomic mass is 10.2. The van der Waals surface area contributed by atoms with E-state index < -0.39 is 0 Å². The summed E-state index contributed by atoms with van der Waals surface area (Å²) < 4.78 is 2.10. The number of hydrogen-bond acceptors (Lipinski definition) is 1. The third-order valence-corrected chi connectivity index (χ3v) is 1.90. The van der Waals surface area contributed by atoms with Crippen LogP contribution in [0.15, 0.2) is 55.1 Å². The Hall–Kier alpha value is -1.22. The number of hydrogen-bond donors (Lipinski definition) is 0. The Morgan fingerprint density at radius 3 is 2.29 bits per heavy atom. The number of rotatable bonds is 2. The maximum absolute atomic E-state index is 3.97. The summed E-state index contributed by atoms with van der Waals surface area (Å²) in [5, 5.41) is 0. The Bertz CT molecular complexity index is 324. The van der Waals surface area contributed by atoms with E-state index in [0.29, 0.717) is 0 Å². The third kappa shape index (κ3) is 2.92. The zero-order valence-electron chi connectivity index (χ0n) is 7.68. The van der Waals surface area contributed by atoms with Crippen molar-refractivity contribution < 1.29 is 21.5 Å². The van der Waals surface area contributed by atoms with Crippen LogP contribution in [-0.4, -0.2) is 4.98 Å². The summed E-state index contributed by atoms with van der Waals surface area (Å²) in [6, 6.07) is 10.4. The maximum Gasteiger partial charge on any atom is 0.187 e. The first-order valence-corrected chi connectivity index (χ1v) is 4.28. The Morgan fingerprint density at radius 1 is 1.00 bits per heavy atom. The quantitative estimate of drug-likeness (QED) is 0.589. The Labute approximate surface area is 94.0 Å². The predicted octanol–water partition coefficient (Wildman–Crippen LogP) is -1.58. The van der Waals surface area contributed by atoms with Crippen LogP contribution < -0.4 is 21.5 Å². The second-order valence-corrected chi connectivity index (χ2v) is 2.90. The summed E-state index contributed by atoms with van der Waals surface area (Å²) in [6.45, 7) is 0.906. The van der Waals surface area contributed by atoms with Gasteiger partial charge < -0.3 is 17.0 Å². The van der Waals surface area contributed by atoms with E-state index in [1.165, 1.54) is 5.56 Å². The molecule has 0 aliphatic rings. The van der Waals surface area contributed by atoms with Crippen LogP contribution in [0.2, 0.25) is 0 Å². The normalized spacial score (nSPS) is 9.14. The Morgan fingerprint density at radius 2 is 1.64 bits per heavy atom. The van der Waals surface area contributed by atoms with Gasteiger partial charge in [0.1, 0.15) is 0 Å². The van der Waals surface area contributed by atoms with Crippen molar-refractivity contribution in [3.63, 3.8) is 0 Å². The van der Waals surface area contributed by atoms with Gasteiger partial charge in [-0.25, -0.2) is 0 Å². The van der Waals surface area contributed by atoms with E-state index >= 15 is 0 Å². The summed E-state index contributed by atoms with van der Waals surface area (Å²) in [4.78, 5) is 3.97. The van der Waals surface area contributed by atoms with Gasteiger partial charge in [-0.3, -0.25) is 4.98 Å². The molecule has 0 bridgehead atoms. The van der Waals surface area contributed by atoms with Crippen molar-refractivity contribution in [3.8, 4) is 0 Å². The lowest BCUT2D eigenvalue weighted by Crippen LogP contribution is -3.00. The molecule has 14 heavy (non-hydrogen) atoms. The predicted molar refractivity (Wildman–Crippen MR) is 50.0 cm³/mol. The molecule has 0 aliphatic carbocycles. The van der Waals surface area contributed by atoms with Crippen molar-refractivity contribution in [2.75, 3.05) is 0 Å². The highest BCUT2D eigenvalue weighted by Gasteiger charge is 1.98. The molecule has 1 aromatic carbocycles. The van der Waals surface area contributed by atoms with Gasteiger partial charge in [-0.05, 0) is 0 Å². The Kier molecular flexibility index (Phi) is 4.26. The van der Waals surface area contributed by atoms with Crippen molar-refractivity contribution in [1.29, 1.82) is 0 Å². The molecule has 2 rings (SSSR count). The fraction of sp³-hybridized carbons (Fsp3) is 0.0909. The minimum Gasteiger partial charge on any atom is -1.00 e. The van der Waals surface area contributed by atoms with E-state index in [2.05, 4.69) is 33.8 Å². The Balaban J connectivity index is 0.000000980. The van der Waals surface area contributed by atoms with Gasteiger partial charge in [0.15, 0.2) is 18.9 Å². The molecule has 0 fully saturated rings. The second kappa shape index (κ2) is 5.50. The highest BCUT2D eigenvalue weighted by Crippen LogP contribution is 1.96. The van der Waals surface area contributed by atoms with E-state index in [-0.39, 0.29) is 17.0 Å². The van der Waals surface area contributed by atoms with Crippen molar-refractivity contribution in [3.05, 3.63) is 60.7 Å². The van der Waals surface area contributed by atoms with Crippen LogP contribution in [0.4, 0.5) is 0 Å². The van der Waals surface area contributed by atoms with Gasteiger partial charge in [-0.1, -0.05) is 30.3 Å². The van der Waals surface area contributed by atoms with E-state index in [0.717, 1.165) is 6.54 Å². The van der Waals surface area contributed by atoms with E-state index in [9.17, 15) is 0 Å². The van der Waals surface area contributed by atoms with Gasteiger partial charge in [0.25, 0.3) is 0 Å². The van der Waals surface area contributed by atoms with Gasteiger partial charge in [0, 0.05) is 5.56 Å². The van der Waals surface area contributed by atoms with Gasteiger partial charge in [-0.15, -0.1) is 0 Å². The summed E-state index contributed by atoms with van der Waals surface area (Å²) in [7, 11) is 0. The van der Waals surface area contributed by atoms with Crippen molar-refractivity contribution in [1.82, 2.24) is 4.98 Å². The third-order valence-electron chi connectivity index (χ3n) is 1.90. The van der Waals surface area contributed by atoms with Crippen LogP contribution in [0.1, 0.15) is 5.56 Å². The zero-order valence-corrected chi connectivity index (χ0v) is 9.26. The van der Waals surface area contributed by atoms with Crippen LogP contribution in [0.5, 0.6) is 0 Å². The van der Waals surface area contributed by atoms with Gasteiger partial charge in [0.05, 0.1) is 12.4 Å².